The minimum absolute atomic E-state index is 0.760. The lowest BCUT2D eigenvalue weighted by Gasteiger charge is -2.27. The van der Waals surface area contributed by atoms with Crippen molar-refractivity contribution < 1.29 is 0 Å². The van der Waals surface area contributed by atoms with Crippen LogP contribution in [0.4, 0.5) is 0 Å². The molecule has 2 heteroatoms. The van der Waals surface area contributed by atoms with Gasteiger partial charge in [0, 0.05) is 19.1 Å². The SMILES string of the molecule is CCCN(CC1CC1)CC1NCCC1C. The van der Waals surface area contributed by atoms with Crippen molar-refractivity contribution in [1.29, 1.82) is 0 Å². The summed E-state index contributed by atoms with van der Waals surface area (Å²) >= 11 is 0. The van der Waals surface area contributed by atoms with Gasteiger partial charge in [0.2, 0.25) is 0 Å². The van der Waals surface area contributed by atoms with E-state index in [0.29, 0.717) is 0 Å². The van der Waals surface area contributed by atoms with Crippen LogP contribution < -0.4 is 5.32 Å². The minimum atomic E-state index is 0.760. The molecule has 0 bridgehead atoms. The first kappa shape index (κ1) is 11.4. The molecule has 1 heterocycles. The minimum Gasteiger partial charge on any atom is -0.312 e. The number of hydrogen-bond donors (Lipinski definition) is 1. The molecule has 1 N–H and O–H groups in total. The third kappa shape index (κ3) is 3.46. The van der Waals surface area contributed by atoms with Gasteiger partial charge in [-0.15, -0.1) is 0 Å². The Balaban J connectivity index is 1.76. The van der Waals surface area contributed by atoms with Crippen molar-refractivity contribution >= 4 is 0 Å². The van der Waals surface area contributed by atoms with Gasteiger partial charge >= 0.3 is 0 Å². The van der Waals surface area contributed by atoms with Gasteiger partial charge in [-0.3, -0.25) is 0 Å². The molecule has 2 fully saturated rings. The highest BCUT2D eigenvalue weighted by Crippen LogP contribution is 2.30. The molecule has 1 aliphatic heterocycles. The van der Waals surface area contributed by atoms with Gasteiger partial charge in [-0.1, -0.05) is 13.8 Å². The quantitative estimate of drug-likeness (QED) is 0.722. The van der Waals surface area contributed by atoms with E-state index in [2.05, 4.69) is 24.1 Å². The average molecular weight is 210 g/mol. The normalized spacial score (nSPS) is 31.4. The maximum atomic E-state index is 3.65. The lowest BCUT2D eigenvalue weighted by molar-refractivity contribution is 0.225. The number of rotatable bonds is 6. The van der Waals surface area contributed by atoms with Gasteiger partial charge in [0.15, 0.2) is 0 Å². The van der Waals surface area contributed by atoms with Crippen LogP contribution in [0.15, 0.2) is 0 Å². The molecule has 1 saturated carbocycles. The van der Waals surface area contributed by atoms with E-state index in [-0.39, 0.29) is 0 Å². The van der Waals surface area contributed by atoms with Crippen LogP contribution in [-0.4, -0.2) is 37.1 Å². The maximum Gasteiger partial charge on any atom is 0.0221 e. The average Bonchev–Trinajstić information content (AvgIpc) is 2.92. The lowest BCUT2D eigenvalue weighted by Crippen LogP contribution is -2.41. The fourth-order valence-electron chi connectivity index (χ4n) is 2.66. The largest absolute Gasteiger partial charge is 0.312 e. The Labute approximate surface area is 94.4 Å². The summed E-state index contributed by atoms with van der Waals surface area (Å²) in [6.07, 6.45) is 5.63. The molecule has 0 aromatic rings. The summed E-state index contributed by atoms with van der Waals surface area (Å²) < 4.78 is 0. The zero-order chi connectivity index (χ0) is 10.7. The second kappa shape index (κ2) is 5.31. The number of nitrogens with zero attached hydrogens (tertiary/aromatic N) is 1. The fourth-order valence-corrected chi connectivity index (χ4v) is 2.66. The molecule has 2 unspecified atom stereocenters. The van der Waals surface area contributed by atoms with Crippen molar-refractivity contribution in [3.63, 3.8) is 0 Å². The van der Waals surface area contributed by atoms with Crippen molar-refractivity contribution in [2.24, 2.45) is 11.8 Å². The molecule has 2 rings (SSSR count). The van der Waals surface area contributed by atoms with E-state index in [0.717, 1.165) is 17.9 Å². The molecule has 1 aliphatic carbocycles. The van der Waals surface area contributed by atoms with Crippen molar-refractivity contribution in [3.8, 4) is 0 Å². The molecule has 2 nitrogen and oxygen atoms in total. The predicted octanol–water partition coefficient (Wildman–Crippen LogP) is 2.11. The van der Waals surface area contributed by atoms with Crippen LogP contribution in [0.2, 0.25) is 0 Å². The van der Waals surface area contributed by atoms with Crippen LogP contribution in [0.3, 0.4) is 0 Å². The molecule has 0 spiro atoms. The highest BCUT2D eigenvalue weighted by atomic mass is 15.2. The highest BCUT2D eigenvalue weighted by molar-refractivity contribution is 4.85. The van der Waals surface area contributed by atoms with Crippen molar-refractivity contribution in [1.82, 2.24) is 10.2 Å². The molecule has 0 aromatic carbocycles. The molecule has 1 saturated heterocycles. The molecule has 2 aliphatic rings. The number of hydrogen-bond acceptors (Lipinski definition) is 2. The Morgan fingerprint density at radius 3 is 2.53 bits per heavy atom. The van der Waals surface area contributed by atoms with E-state index in [1.165, 1.54) is 51.9 Å². The molecule has 0 aromatic heterocycles. The second-order valence-corrected chi connectivity index (χ2v) is 5.53. The predicted molar refractivity (Wildman–Crippen MR) is 65.0 cm³/mol. The summed E-state index contributed by atoms with van der Waals surface area (Å²) in [7, 11) is 0. The van der Waals surface area contributed by atoms with Crippen LogP contribution in [0.1, 0.15) is 39.5 Å². The summed E-state index contributed by atoms with van der Waals surface area (Å²) in [5, 5.41) is 3.65. The van der Waals surface area contributed by atoms with Gasteiger partial charge in [0.1, 0.15) is 0 Å². The van der Waals surface area contributed by atoms with Gasteiger partial charge in [-0.2, -0.15) is 0 Å². The Morgan fingerprint density at radius 2 is 2.00 bits per heavy atom. The lowest BCUT2D eigenvalue weighted by atomic mass is 10.0. The summed E-state index contributed by atoms with van der Waals surface area (Å²) in [6, 6.07) is 0.760. The molecular formula is C13H26N2. The summed E-state index contributed by atoms with van der Waals surface area (Å²) in [5.41, 5.74) is 0. The maximum absolute atomic E-state index is 3.65. The molecule has 0 amide bonds. The monoisotopic (exact) mass is 210 g/mol. The third-order valence-electron chi connectivity index (χ3n) is 3.90. The van der Waals surface area contributed by atoms with E-state index < -0.39 is 0 Å². The van der Waals surface area contributed by atoms with Crippen molar-refractivity contribution in [2.45, 2.75) is 45.6 Å². The Kier molecular flexibility index (Phi) is 4.04. The Hall–Kier alpha value is -0.0800. The van der Waals surface area contributed by atoms with E-state index in [1.54, 1.807) is 0 Å². The summed E-state index contributed by atoms with van der Waals surface area (Å²) in [6.45, 7) is 9.86. The first-order valence-electron chi connectivity index (χ1n) is 6.75. The van der Waals surface area contributed by atoms with E-state index >= 15 is 0 Å². The summed E-state index contributed by atoms with van der Waals surface area (Å²) in [4.78, 5) is 2.69. The van der Waals surface area contributed by atoms with Gasteiger partial charge in [0.25, 0.3) is 0 Å². The molecular weight excluding hydrogens is 184 g/mol. The van der Waals surface area contributed by atoms with E-state index in [9.17, 15) is 0 Å². The van der Waals surface area contributed by atoms with Crippen LogP contribution in [0, 0.1) is 11.8 Å². The van der Waals surface area contributed by atoms with Gasteiger partial charge in [-0.05, 0) is 50.6 Å². The third-order valence-corrected chi connectivity index (χ3v) is 3.90. The van der Waals surface area contributed by atoms with E-state index in [4.69, 9.17) is 0 Å². The fraction of sp³-hybridized carbons (Fsp3) is 1.00. The van der Waals surface area contributed by atoms with Crippen LogP contribution in [0.5, 0.6) is 0 Å². The van der Waals surface area contributed by atoms with Crippen molar-refractivity contribution in [2.75, 3.05) is 26.2 Å². The Morgan fingerprint density at radius 1 is 1.20 bits per heavy atom. The zero-order valence-electron chi connectivity index (χ0n) is 10.3. The van der Waals surface area contributed by atoms with Gasteiger partial charge < -0.3 is 10.2 Å². The zero-order valence-corrected chi connectivity index (χ0v) is 10.3. The summed E-state index contributed by atoms with van der Waals surface area (Å²) in [5.74, 6) is 1.91. The van der Waals surface area contributed by atoms with E-state index in [1.807, 2.05) is 0 Å². The second-order valence-electron chi connectivity index (χ2n) is 5.53. The van der Waals surface area contributed by atoms with Crippen LogP contribution in [-0.2, 0) is 0 Å². The smallest absolute Gasteiger partial charge is 0.0221 e. The molecule has 15 heavy (non-hydrogen) atoms. The first-order chi connectivity index (χ1) is 7.29. The van der Waals surface area contributed by atoms with Gasteiger partial charge in [0.05, 0.1) is 0 Å². The topological polar surface area (TPSA) is 15.3 Å². The molecule has 0 radical (unpaired) electrons. The van der Waals surface area contributed by atoms with Crippen LogP contribution >= 0.6 is 0 Å². The van der Waals surface area contributed by atoms with Gasteiger partial charge in [-0.25, -0.2) is 0 Å². The molecule has 88 valence electrons. The highest BCUT2D eigenvalue weighted by Gasteiger charge is 2.28. The Bertz CT molecular complexity index is 189. The number of nitrogens with one attached hydrogen (secondary N) is 1. The van der Waals surface area contributed by atoms with Crippen LogP contribution in [0.25, 0.3) is 0 Å². The van der Waals surface area contributed by atoms with Crippen molar-refractivity contribution in [3.05, 3.63) is 0 Å². The molecule has 2 atom stereocenters. The standard InChI is InChI=1S/C13H26N2/c1-3-8-15(9-12-4-5-12)10-13-11(2)6-7-14-13/h11-14H,3-10H2,1-2H3. The first-order valence-corrected chi connectivity index (χ1v) is 6.75.